The molecular weight excluding hydrogens is 421 g/mol. The van der Waals surface area contributed by atoms with Gasteiger partial charge in [0.2, 0.25) is 0 Å². The lowest BCUT2D eigenvalue weighted by molar-refractivity contribution is 0.0619. The quantitative estimate of drug-likeness (QED) is 0.423. The molecule has 164 valence electrons. The van der Waals surface area contributed by atoms with Crippen molar-refractivity contribution in [3.05, 3.63) is 94.2 Å². The highest BCUT2D eigenvalue weighted by molar-refractivity contribution is 7.19. The molecule has 32 heavy (non-hydrogen) atoms. The van der Waals surface area contributed by atoms with Crippen molar-refractivity contribution in [3.8, 4) is 0 Å². The molecule has 1 amide bonds. The summed E-state index contributed by atoms with van der Waals surface area (Å²) in [5, 5.41) is 0. The van der Waals surface area contributed by atoms with E-state index in [0.717, 1.165) is 29.9 Å². The molecule has 1 saturated heterocycles. The van der Waals surface area contributed by atoms with Gasteiger partial charge < -0.3 is 9.47 Å². The molecule has 2 aromatic heterocycles. The normalized spacial score (nSPS) is 14.9. The predicted octanol–water partition coefficient (Wildman–Crippen LogP) is 5.16. The molecule has 0 radical (unpaired) electrons. The van der Waals surface area contributed by atoms with Crippen LogP contribution in [-0.4, -0.2) is 46.5 Å². The highest BCUT2D eigenvalue weighted by atomic mass is 32.1. The van der Waals surface area contributed by atoms with Gasteiger partial charge in [0.05, 0.1) is 16.8 Å². The number of carbonyl (C=O) groups excluding carboxylic acids is 1. The van der Waals surface area contributed by atoms with E-state index >= 15 is 0 Å². The summed E-state index contributed by atoms with van der Waals surface area (Å²) in [5.74, 6) is -0.212. The van der Waals surface area contributed by atoms with E-state index in [9.17, 15) is 9.18 Å². The number of thiophene rings is 1. The summed E-state index contributed by atoms with van der Waals surface area (Å²) in [6, 6.07) is 21.3. The Morgan fingerprint density at radius 3 is 2.41 bits per heavy atom. The van der Waals surface area contributed by atoms with E-state index in [0.29, 0.717) is 30.9 Å². The van der Waals surface area contributed by atoms with Crippen molar-refractivity contribution in [3.63, 3.8) is 0 Å². The van der Waals surface area contributed by atoms with Gasteiger partial charge in [0.15, 0.2) is 0 Å². The molecule has 2 aromatic carbocycles. The lowest BCUT2D eigenvalue weighted by Gasteiger charge is -2.35. The fraction of sp³-hybridized carbons (Fsp3) is 0.269. The monoisotopic (exact) mass is 447 g/mol. The topological polar surface area (TPSA) is 28.5 Å². The molecule has 0 spiro atoms. The molecule has 4 nitrogen and oxygen atoms in total. The maximum atomic E-state index is 14.4. The van der Waals surface area contributed by atoms with Crippen molar-refractivity contribution in [2.75, 3.05) is 26.2 Å². The molecule has 0 unspecified atom stereocenters. The SMILES string of the molecule is Cc1cc2c(cc(C(=O)N3CCN(Cc4ccccc4)CC3)n2Cc2ccccc2F)s1. The Labute approximate surface area is 191 Å². The fourth-order valence-electron chi connectivity index (χ4n) is 4.42. The number of halogens is 1. The first-order valence-electron chi connectivity index (χ1n) is 11.0. The van der Waals surface area contributed by atoms with E-state index in [1.165, 1.54) is 16.5 Å². The van der Waals surface area contributed by atoms with Crippen molar-refractivity contribution >= 4 is 27.5 Å². The van der Waals surface area contributed by atoms with Gasteiger partial charge in [0.1, 0.15) is 11.5 Å². The van der Waals surface area contributed by atoms with Gasteiger partial charge in [-0.25, -0.2) is 4.39 Å². The third kappa shape index (κ3) is 4.20. The van der Waals surface area contributed by atoms with E-state index < -0.39 is 0 Å². The second-order valence-corrected chi connectivity index (χ2v) is 9.66. The number of aryl methyl sites for hydroxylation is 1. The van der Waals surface area contributed by atoms with E-state index in [1.54, 1.807) is 23.5 Å². The lowest BCUT2D eigenvalue weighted by atomic mass is 10.2. The Hall–Kier alpha value is -2.96. The van der Waals surface area contributed by atoms with Crippen molar-refractivity contribution in [1.29, 1.82) is 0 Å². The van der Waals surface area contributed by atoms with Crippen LogP contribution in [0.1, 0.15) is 26.5 Å². The van der Waals surface area contributed by atoms with Crippen molar-refractivity contribution in [2.24, 2.45) is 0 Å². The molecule has 6 heteroatoms. The number of aromatic nitrogens is 1. The third-order valence-corrected chi connectivity index (χ3v) is 7.11. The smallest absolute Gasteiger partial charge is 0.270 e. The first-order chi connectivity index (χ1) is 15.6. The van der Waals surface area contributed by atoms with Gasteiger partial charge in [-0.3, -0.25) is 9.69 Å². The number of rotatable bonds is 5. The molecule has 1 aliphatic rings. The van der Waals surface area contributed by atoms with Crippen LogP contribution in [-0.2, 0) is 13.1 Å². The Bertz CT molecular complexity index is 1240. The highest BCUT2D eigenvalue weighted by Gasteiger charge is 2.26. The highest BCUT2D eigenvalue weighted by Crippen LogP contribution is 2.30. The van der Waals surface area contributed by atoms with E-state index in [1.807, 2.05) is 27.7 Å². The summed E-state index contributed by atoms with van der Waals surface area (Å²) < 4.78 is 17.4. The van der Waals surface area contributed by atoms with Crippen molar-refractivity contribution < 1.29 is 9.18 Å². The number of carbonyl (C=O) groups is 1. The summed E-state index contributed by atoms with van der Waals surface area (Å²) in [6.07, 6.45) is 0. The van der Waals surface area contributed by atoms with Crippen molar-refractivity contribution in [2.45, 2.75) is 20.0 Å². The summed E-state index contributed by atoms with van der Waals surface area (Å²) in [7, 11) is 0. The number of amides is 1. The van der Waals surface area contributed by atoms with Crippen LogP contribution < -0.4 is 0 Å². The van der Waals surface area contributed by atoms with Crippen LogP contribution in [0.4, 0.5) is 4.39 Å². The summed E-state index contributed by atoms with van der Waals surface area (Å²) in [5.41, 5.74) is 3.53. The molecule has 1 fully saturated rings. The van der Waals surface area contributed by atoms with Crippen LogP contribution in [0.15, 0.2) is 66.7 Å². The number of hydrogen-bond acceptors (Lipinski definition) is 3. The van der Waals surface area contributed by atoms with Crippen LogP contribution in [0.5, 0.6) is 0 Å². The van der Waals surface area contributed by atoms with Crippen molar-refractivity contribution in [1.82, 2.24) is 14.4 Å². The van der Waals surface area contributed by atoms with E-state index in [-0.39, 0.29) is 11.7 Å². The van der Waals surface area contributed by atoms with Crippen LogP contribution in [0, 0.1) is 12.7 Å². The van der Waals surface area contributed by atoms with Crippen LogP contribution in [0.3, 0.4) is 0 Å². The van der Waals surface area contributed by atoms with Crippen LogP contribution in [0.2, 0.25) is 0 Å². The third-order valence-electron chi connectivity index (χ3n) is 6.13. The molecule has 0 bridgehead atoms. The summed E-state index contributed by atoms with van der Waals surface area (Å²) in [6.45, 7) is 6.41. The average Bonchev–Trinajstić information content (AvgIpc) is 3.33. The molecule has 3 heterocycles. The van der Waals surface area contributed by atoms with Gasteiger partial charge in [0, 0.05) is 43.2 Å². The second-order valence-electron chi connectivity index (χ2n) is 8.37. The molecule has 5 rings (SSSR count). The number of piperazine rings is 1. The van der Waals surface area contributed by atoms with Gasteiger partial charge in [0.25, 0.3) is 5.91 Å². The number of benzene rings is 2. The minimum Gasteiger partial charge on any atom is -0.335 e. The Balaban J connectivity index is 1.36. The molecule has 1 aliphatic heterocycles. The molecule has 4 aromatic rings. The zero-order valence-corrected chi connectivity index (χ0v) is 18.9. The van der Waals surface area contributed by atoms with Crippen LogP contribution in [0.25, 0.3) is 10.2 Å². The number of nitrogens with zero attached hydrogens (tertiary/aromatic N) is 3. The Morgan fingerprint density at radius 2 is 1.66 bits per heavy atom. The molecular formula is C26H26FN3OS. The fourth-order valence-corrected chi connectivity index (χ4v) is 5.38. The molecule has 0 N–H and O–H groups in total. The summed E-state index contributed by atoms with van der Waals surface area (Å²) in [4.78, 5) is 19.0. The maximum Gasteiger partial charge on any atom is 0.270 e. The Morgan fingerprint density at radius 1 is 0.938 bits per heavy atom. The average molecular weight is 448 g/mol. The minimum atomic E-state index is -0.241. The standard InChI is InChI=1S/C26H26FN3OS/c1-19-15-23-25(32-19)16-24(30(23)18-21-9-5-6-10-22(21)27)26(31)29-13-11-28(12-14-29)17-20-7-3-2-4-8-20/h2-10,15-16H,11-14,17-18H2,1H3. The predicted molar refractivity (Wildman–Crippen MR) is 128 cm³/mol. The maximum absolute atomic E-state index is 14.4. The van der Waals surface area contributed by atoms with Gasteiger partial charge in [-0.1, -0.05) is 48.5 Å². The van der Waals surface area contributed by atoms with E-state index in [4.69, 9.17) is 0 Å². The van der Waals surface area contributed by atoms with Crippen LogP contribution >= 0.6 is 11.3 Å². The number of hydrogen-bond donors (Lipinski definition) is 0. The summed E-state index contributed by atoms with van der Waals surface area (Å²) >= 11 is 1.67. The lowest BCUT2D eigenvalue weighted by Crippen LogP contribution is -2.48. The van der Waals surface area contributed by atoms with E-state index in [2.05, 4.69) is 42.2 Å². The largest absolute Gasteiger partial charge is 0.335 e. The zero-order valence-electron chi connectivity index (χ0n) is 18.1. The van der Waals surface area contributed by atoms with Gasteiger partial charge >= 0.3 is 0 Å². The first kappa shape index (κ1) is 20.9. The van der Waals surface area contributed by atoms with Gasteiger partial charge in [-0.05, 0) is 30.7 Å². The van der Waals surface area contributed by atoms with Gasteiger partial charge in [-0.15, -0.1) is 11.3 Å². The van der Waals surface area contributed by atoms with Gasteiger partial charge in [-0.2, -0.15) is 0 Å². The molecule has 0 saturated carbocycles. The first-order valence-corrected chi connectivity index (χ1v) is 11.8. The molecule has 0 atom stereocenters. The zero-order chi connectivity index (χ0) is 22.1. The molecule has 0 aliphatic carbocycles. The Kier molecular flexibility index (Phi) is 5.81. The minimum absolute atomic E-state index is 0.0294. The second kappa shape index (κ2) is 8.88. The number of fused-ring (bicyclic) bond motifs is 1.